The number of carbonyl (C=O) groups excluding carboxylic acids is 1. The third-order valence-electron chi connectivity index (χ3n) is 6.38. The fraction of sp³-hybridized carbons (Fsp3) is 0.357. The van der Waals surface area contributed by atoms with Gasteiger partial charge in [0.25, 0.3) is 5.91 Å². The quantitative estimate of drug-likeness (QED) is 0.319. The van der Waals surface area contributed by atoms with Crippen molar-refractivity contribution in [3.8, 4) is 11.6 Å². The summed E-state index contributed by atoms with van der Waals surface area (Å²) in [7, 11) is 3.62. The van der Waals surface area contributed by atoms with Crippen molar-refractivity contribution in [2.75, 3.05) is 45.6 Å². The third-order valence-corrected chi connectivity index (χ3v) is 6.38. The van der Waals surface area contributed by atoms with Crippen LogP contribution < -0.4 is 15.4 Å². The van der Waals surface area contributed by atoms with Gasteiger partial charge < -0.3 is 25.3 Å². The first-order chi connectivity index (χ1) is 18.9. The summed E-state index contributed by atoms with van der Waals surface area (Å²) in [6.45, 7) is 10.7. The molecule has 0 unspecified atom stereocenters. The zero-order chi connectivity index (χ0) is 27.9. The van der Waals surface area contributed by atoms with Crippen molar-refractivity contribution >= 4 is 28.3 Å². The van der Waals surface area contributed by atoms with Crippen LogP contribution in [0.5, 0.6) is 11.6 Å². The van der Waals surface area contributed by atoms with E-state index in [1.807, 2.05) is 32.9 Å². The standard InChI is InChI=1S/C26H29FN8O2.C2H6/c1-16-12-19-20(32-16)6-7-21(23(19)27)37-26-22(25(36)28-2)24(30-15-31-26)33-17-4-5-18(29-13-17)14-35-10-8-34(3)9-11-35;1-2/h4-7,12-13,15,32H,8-11,14H2,1-3H3,(H,28,36)(H,30,31,33);1-2H3. The topological polar surface area (TPSA) is 111 Å². The molecule has 1 saturated heterocycles. The summed E-state index contributed by atoms with van der Waals surface area (Å²) in [6.07, 6.45) is 2.96. The Morgan fingerprint density at radius 2 is 1.87 bits per heavy atom. The predicted octanol–water partition coefficient (Wildman–Crippen LogP) is 4.47. The number of aromatic amines is 1. The highest BCUT2D eigenvalue weighted by atomic mass is 19.1. The number of fused-ring (bicyclic) bond motifs is 1. The van der Waals surface area contributed by atoms with Gasteiger partial charge in [-0.05, 0) is 44.3 Å². The smallest absolute Gasteiger partial charge is 0.260 e. The van der Waals surface area contributed by atoms with Gasteiger partial charge in [0.1, 0.15) is 11.9 Å². The summed E-state index contributed by atoms with van der Waals surface area (Å²) in [5.74, 6) is -0.912. The number of halogens is 1. The number of benzene rings is 1. The number of rotatable bonds is 7. The Kier molecular flexibility index (Phi) is 9.05. The zero-order valence-electron chi connectivity index (χ0n) is 23.0. The first kappa shape index (κ1) is 27.9. The van der Waals surface area contributed by atoms with E-state index in [1.54, 1.807) is 18.3 Å². The Morgan fingerprint density at radius 1 is 1.10 bits per heavy atom. The Hall–Kier alpha value is -4.09. The molecular formula is C28H35FN8O2. The number of hydrogen-bond acceptors (Lipinski definition) is 8. The van der Waals surface area contributed by atoms with Crippen molar-refractivity contribution in [2.45, 2.75) is 27.3 Å². The highest BCUT2D eigenvalue weighted by Crippen LogP contribution is 2.33. The molecule has 3 aromatic heterocycles. The molecule has 206 valence electrons. The van der Waals surface area contributed by atoms with Crippen LogP contribution in [0, 0.1) is 12.7 Å². The number of amides is 1. The van der Waals surface area contributed by atoms with Crippen molar-refractivity contribution in [2.24, 2.45) is 0 Å². The molecule has 1 aromatic carbocycles. The Morgan fingerprint density at radius 3 is 2.56 bits per heavy atom. The van der Waals surface area contributed by atoms with Crippen LogP contribution in [0.2, 0.25) is 0 Å². The largest absolute Gasteiger partial charge is 0.435 e. The minimum atomic E-state index is -0.544. The highest BCUT2D eigenvalue weighted by molar-refractivity contribution is 6.01. The SMILES string of the molecule is CC.CNC(=O)c1c(Nc2ccc(CN3CCN(C)CC3)nc2)ncnc1Oc1ccc2[nH]c(C)cc2c1F. The molecule has 39 heavy (non-hydrogen) atoms. The lowest BCUT2D eigenvalue weighted by Gasteiger charge is -2.32. The maximum Gasteiger partial charge on any atom is 0.260 e. The van der Waals surface area contributed by atoms with Gasteiger partial charge in [-0.1, -0.05) is 13.8 Å². The van der Waals surface area contributed by atoms with Gasteiger partial charge in [-0.3, -0.25) is 14.7 Å². The number of aromatic nitrogens is 4. The van der Waals surface area contributed by atoms with E-state index in [0.29, 0.717) is 16.6 Å². The third kappa shape index (κ3) is 6.50. The number of H-pyrrole nitrogens is 1. The second kappa shape index (κ2) is 12.6. The summed E-state index contributed by atoms with van der Waals surface area (Å²) in [4.78, 5) is 33.5. The van der Waals surface area contributed by atoms with Gasteiger partial charge in [0.05, 0.1) is 17.6 Å². The molecular weight excluding hydrogens is 499 g/mol. The van der Waals surface area contributed by atoms with Crippen LogP contribution >= 0.6 is 0 Å². The fourth-order valence-corrected chi connectivity index (χ4v) is 4.31. The molecule has 5 rings (SSSR count). The maximum absolute atomic E-state index is 15.1. The zero-order valence-corrected chi connectivity index (χ0v) is 23.0. The molecule has 1 amide bonds. The second-order valence-corrected chi connectivity index (χ2v) is 9.12. The molecule has 3 N–H and O–H groups in total. The Balaban J connectivity index is 0.00000172. The van der Waals surface area contributed by atoms with E-state index >= 15 is 4.39 Å². The van der Waals surface area contributed by atoms with Crippen molar-refractivity contribution in [1.29, 1.82) is 0 Å². The summed E-state index contributed by atoms with van der Waals surface area (Å²) < 4.78 is 20.9. The van der Waals surface area contributed by atoms with Crippen LogP contribution in [0.25, 0.3) is 10.9 Å². The molecule has 4 aromatic rings. The summed E-state index contributed by atoms with van der Waals surface area (Å²) >= 11 is 0. The number of pyridine rings is 1. The van der Waals surface area contributed by atoms with Crippen LogP contribution in [0.4, 0.5) is 15.9 Å². The average molecular weight is 535 g/mol. The molecule has 10 nitrogen and oxygen atoms in total. The number of anilines is 2. The van der Waals surface area contributed by atoms with E-state index in [4.69, 9.17) is 4.74 Å². The van der Waals surface area contributed by atoms with E-state index in [1.165, 1.54) is 19.4 Å². The molecule has 0 aliphatic carbocycles. The lowest BCUT2D eigenvalue weighted by Crippen LogP contribution is -2.43. The lowest BCUT2D eigenvalue weighted by molar-refractivity contribution is 0.0960. The maximum atomic E-state index is 15.1. The Labute approximate surface area is 227 Å². The normalized spacial score (nSPS) is 14.0. The second-order valence-electron chi connectivity index (χ2n) is 9.12. The number of hydrogen-bond donors (Lipinski definition) is 3. The van der Waals surface area contributed by atoms with Crippen LogP contribution in [0.1, 0.15) is 35.6 Å². The predicted molar refractivity (Wildman–Crippen MR) is 150 cm³/mol. The molecule has 0 spiro atoms. The van der Waals surface area contributed by atoms with Crippen LogP contribution in [-0.4, -0.2) is 75.9 Å². The van der Waals surface area contributed by atoms with Crippen LogP contribution in [-0.2, 0) is 6.54 Å². The number of nitrogens with one attached hydrogen (secondary N) is 3. The van der Waals surface area contributed by atoms with E-state index < -0.39 is 11.7 Å². The molecule has 0 atom stereocenters. The molecule has 0 saturated carbocycles. The highest BCUT2D eigenvalue weighted by Gasteiger charge is 2.22. The minimum absolute atomic E-state index is 0.0452. The first-order valence-corrected chi connectivity index (χ1v) is 13.1. The van der Waals surface area contributed by atoms with Gasteiger partial charge >= 0.3 is 0 Å². The van der Waals surface area contributed by atoms with Crippen molar-refractivity contribution in [3.05, 3.63) is 65.6 Å². The van der Waals surface area contributed by atoms with E-state index in [0.717, 1.165) is 44.1 Å². The van der Waals surface area contributed by atoms with Crippen LogP contribution in [0.3, 0.4) is 0 Å². The fourth-order valence-electron chi connectivity index (χ4n) is 4.31. The molecule has 0 radical (unpaired) electrons. The van der Waals surface area contributed by atoms with Crippen molar-refractivity contribution < 1.29 is 13.9 Å². The number of carbonyl (C=O) groups is 1. The molecule has 1 aliphatic heterocycles. The van der Waals surface area contributed by atoms with Crippen molar-refractivity contribution in [3.63, 3.8) is 0 Å². The lowest BCUT2D eigenvalue weighted by atomic mass is 10.2. The van der Waals surface area contributed by atoms with E-state index in [-0.39, 0.29) is 23.0 Å². The molecule has 0 bridgehead atoms. The van der Waals surface area contributed by atoms with Gasteiger partial charge in [0.15, 0.2) is 17.4 Å². The number of piperazine rings is 1. The summed E-state index contributed by atoms with van der Waals surface area (Å²) in [5, 5.41) is 6.10. The van der Waals surface area contributed by atoms with Gasteiger partial charge in [0, 0.05) is 56.4 Å². The minimum Gasteiger partial charge on any atom is -0.435 e. The molecule has 4 heterocycles. The van der Waals surface area contributed by atoms with Crippen molar-refractivity contribution in [1.82, 2.24) is 35.1 Å². The van der Waals surface area contributed by atoms with E-state index in [9.17, 15) is 4.79 Å². The monoisotopic (exact) mass is 534 g/mol. The first-order valence-electron chi connectivity index (χ1n) is 13.1. The number of aryl methyl sites for hydroxylation is 1. The van der Waals surface area contributed by atoms with Gasteiger partial charge in [-0.15, -0.1) is 0 Å². The number of likely N-dealkylation sites (N-methyl/N-ethyl adjacent to an activating group) is 1. The number of ether oxygens (including phenoxy) is 1. The molecule has 11 heteroatoms. The van der Waals surface area contributed by atoms with E-state index in [2.05, 4.69) is 47.4 Å². The van der Waals surface area contributed by atoms with Gasteiger partial charge in [-0.25, -0.2) is 14.4 Å². The molecule has 1 fully saturated rings. The average Bonchev–Trinajstić information content (AvgIpc) is 3.34. The Bertz CT molecular complexity index is 1420. The van der Waals surface area contributed by atoms with Gasteiger partial charge in [-0.2, -0.15) is 0 Å². The molecule has 1 aliphatic rings. The van der Waals surface area contributed by atoms with Crippen LogP contribution in [0.15, 0.2) is 42.9 Å². The summed E-state index contributed by atoms with van der Waals surface area (Å²) in [6, 6.07) is 8.75. The summed E-state index contributed by atoms with van der Waals surface area (Å²) in [5.41, 5.74) is 3.14. The number of nitrogens with zero attached hydrogens (tertiary/aromatic N) is 5. The van der Waals surface area contributed by atoms with Gasteiger partial charge in [0.2, 0.25) is 5.88 Å².